The van der Waals surface area contributed by atoms with Gasteiger partial charge in [-0.1, -0.05) is 12.1 Å². The summed E-state index contributed by atoms with van der Waals surface area (Å²) in [4.78, 5) is 23.4. The number of nitrogens with zero attached hydrogens (tertiary/aromatic N) is 1. The highest BCUT2D eigenvalue weighted by Crippen LogP contribution is 2.20. The third kappa shape index (κ3) is 6.45. The first-order chi connectivity index (χ1) is 9.91. The number of hydrogen-bond acceptors (Lipinski definition) is 3. The van der Waals surface area contributed by atoms with Crippen LogP contribution < -0.4 is 11.1 Å². The molecular weight excluding hydrogens is 335 g/mol. The maximum Gasteiger partial charge on any atom is 0.471 e. The number of benzene rings is 1. The molecule has 1 rings (SSSR count). The van der Waals surface area contributed by atoms with Crippen molar-refractivity contribution >= 4 is 29.9 Å². The van der Waals surface area contributed by atoms with Crippen LogP contribution in [-0.2, 0) is 16.1 Å². The Bertz CT molecular complexity index is 571. The molecule has 0 aliphatic rings. The highest BCUT2D eigenvalue weighted by molar-refractivity contribution is 5.97. The number of nitrogens with two attached hydrogens (primary N) is 1. The van der Waals surface area contributed by atoms with E-state index in [1.54, 1.807) is 18.2 Å². The van der Waals surface area contributed by atoms with E-state index < -0.39 is 23.5 Å². The smallest absolute Gasteiger partial charge is 0.334 e. The first-order valence-electron chi connectivity index (χ1n) is 6.43. The second-order valence-corrected chi connectivity index (χ2v) is 5.54. The van der Waals surface area contributed by atoms with Crippen molar-refractivity contribution in [2.75, 3.05) is 12.4 Å². The van der Waals surface area contributed by atoms with Gasteiger partial charge in [-0.25, -0.2) is 0 Å². The SMILES string of the molecule is CN(Cc1cccc(NC(=O)C(C)(C)N)c1)C(=O)C(F)(F)F.Cl. The molecule has 0 bridgehead atoms. The zero-order chi connectivity index (χ0) is 17.1. The fraction of sp³-hybridized carbons (Fsp3) is 0.429. The number of alkyl halides is 3. The van der Waals surface area contributed by atoms with E-state index in [0.717, 1.165) is 7.05 Å². The Kier molecular flexibility index (Phi) is 7.05. The molecule has 1 aromatic carbocycles. The van der Waals surface area contributed by atoms with Crippen LogP contribution >= 0.6 is 12.4 Å². The van der Waals surface area contributed by atoms with E-state index in [4.69, 9.17) is 5.73 Å². The van der Waals surface area contributed by atoms with E-state index in [9.17, 15) is 22.8 Å². The Hall–Kier alpha value is -1.80. The fourth-order valence-electron chi connectivity index (χ4n) is 1.60. The van der Waals surface area contributed by atoms with Crippen LogP contribution in [0.2, 0.25) is 0 Å². The molecule has 5 nitrogen and oxygen atoms in total. The molecule has 0 heterocycles. The molecular formula is C14H19ClF3N3O2. The number of rotatable bonds is 4. The summed E-state index contributed by atoms with van der Waals surface area (Å²) in [6.45, 7) is 2.83. The molecule has 0 fully saturated rings. The molecule has 0 spiro atoms. The Labute approximate surface area is 138 Å². The van der Waals surface area contributed by atoms with Crippen LogP contribution in [0.5, 0.6) is 0 Å². The number of carbonyl (C=O) groups excluding carboxylic acids is 2. The second-order valence-electron chi connectivity index (χ2n) is 5.54. The zero-order valence-electron chi connectivity index (χ0n) is 12.9. The van der Waals surface area contributed by atoms with Gasteiger partial charge < -0.3 is 16.0 Å². The molecule has 23 heavy (non-hydrogen) atoms. The molecule has 0 aliphatic carbocycles. The molecule has 0 unspecified atom stereocenters. The minimum Gasteiger partial charge on any atom is -0.334 e. The largest absolute Gasteiger partial charge is 0.471 e. The highest BCUT2D eigenvalue weighted by atomic mass is 35.5. The normalized spacial score (nSPS) is 11.4. The van der Waals surface area contributed by atoms with Crippen molar-refractivity contribution in [3.63, 3.8) is 0 Å². The lowest BCUT2D eigenvalue weighted by Gasteiger charge is -2.20. The molecule has 0 saturated heterocycles. The van der Waals surface area contributed by atoms with E-state index in [0.29, 0.717) is 16.2 Å². The average molecular weight is 354 g/mol. The average Bonchev–Trinajstić information content (AvgIpc) is 2.35. The second kappa shape index (κ2) is 7.65. The molecule has 1 aromatic rings. The Morgan fingerprint density at radius 1 is 1.26 bits per heavy atom. The lowest BCUT2D eigenvalue weighted by molar-refractivity contribution is -0.184. The standard InChI is InChI=1S/C14H18F3N3O2.ClH/c1-13(2,18)11(21)19-10-6-4-5-9(7-10)8-20(3)12(22)14(15,16)17;/h4-7H,8,18H2,1-3H3,(H,19,21);1H. The van der Waals surface area contributed by atoms with Gasteiger partial charge >= 0.3 is 12.1 Å². The number of nitrogens with one attached hydrogen (secondary N) is 1. The van der Waals surface area contributed by atoms with Crippen molar-refractivity contribution in [3.8, 4) is 0 Å². The first kappa shape index (κ1) is 21.2. The van der Waals surface area contributed by atoms with Crippen molar-refractivity contribution in [1.29, 1.82) is 0 Å². The van der Waals surface area contributed by atoms with Crippen LogP contribution in [0.3, 0.4) is 0 Å². The van der Waals surface area contributed by atoms with Gasteiger partial charge in [-0.2, -0.15) is 13.2 Å². The molecule has 0 radical (unpaired) electrons. The van der Waals surface area contributed by atoms with Gasteiger partial charge in [0.1, 0.15) is 0 Å². The zero-order valence-corrected chi connectivity index (χ0v) is 13.7. The summed E-state index contributed by atoms with van der Waals surface area (Å²) in [5, 5.41) is 2.57. The van der Waals surface area contributed by atoms with Crippen LogP contribution in [0.25, 0.3) is 0 Å². The molecule has 0 atom stereocenters. The minimum atomic E-state index is -4.91. The Balaban J connectivity index is 0.00000484. The molecule has 9 heteroatoms. The van der Waals surface area contributed by atoms with Crippen LogP contribution in [0.4, 0.5) is 18.9 Å². The van der Waals surface area contributed by atoms with Gasteiger partial charge in [-0.3, -0.25) is 9.59 Å². The molecule has 130 valence electrons. The van der Waals surface area contributed by atoms with Gasteiger partial charge in [0, 0.05) is 19.3 Å². The summed E-state index contributed by atoms with van der Waals surface area (Å²) in [5.74, 6) is -2.35. The van der Waals surface area contributed by atoms with E-state index in [1.807, 2.05) is 0 Å². The lowest BCUT2D eigenvalue weighted by atomic mass is 10.1. The van der Waals surface area contributed by atoms with Crippen molar-refractivity contribution in [3.05, 3.63) is 29.8 Å². The molecule has 3 N–H and O–H groups in total. The number of anilines is 1. The summed E-state index contributed by atoms with van der Waals surface area (Å²) in [6.07, 6.45) is -4.91. The lowest BCUT2D eigenvalue weighted by Crippen LogP contribution is -2.45. The Morgan fingerprint density at radius 2 is 1.83 bits per heavy atom. The first-order valence-corrected chi connectivity index (χ1v) is 6.43. The monoisotopic (exact) mass is 353 g/mol. The van der Waals surface area contributed by atoms with Gasteiger partial charge in [0.05, 0.1) is 5.54 Å². The minimum absolute atomic E-state index is 0. The van der Waals surface area contributed by atoms with E-state index in [1.165, 1.54) is 19.9 Å². The quantitative estimate of drug-likeness (QED) is 0.872. The van der Waals surface area contributed by atoms with Gasteiger partial charge in [0.15, 0.2) is 0 Å². The van der Waals surface area contributed by atoms with Crippen molar-refractivity contribution in [2.45, 2.75) is 32.1 Å². The van der Waals surface area contributed by atoms with Crippen LogP contribution in [0.15, 0.2) is 24.3 Å². The van der Waals surface area contributed by atoms with Crippen molar-refractivity contribution < 1.29 is 22.8 Å². The van der Waals surface area contributed by atoms with Crippen LogP contribution in [0, 0.1) is 0 Å². The predicted molar refractivity (Wildman–Crippen MR) is 83.1 cm³/mol. The molecule has 2 amide bonds. The van der Waals surface area contributed by atoms with Gasteiger partial charge in [0.2, 0.25) is 5.91 Å². The highest BCUT2D eigenvalue weighted by Gasteiger charge is 2.41. The summed E-state index contributed by atoms with van der Waals surface area (Å²) < 4.78 is 37.0. The number of carbonyl (C=O) groups is 2. The molecule has 0 aliphatic heterocycles. The maximum atomic E-state index is 12.3. The topological polar surface area (TPSA) is 75.4 Å². The number of halogens is 4. The van der Waals surface area contributed by atoms with E-state index >= 15 is 0 Å². The predicted octanol–water partition coefficient (Wildman–Crippen LogP) is 2.30. The van der Waals surface area contributed by atoms with Crippen LogP contribution in [0.1, 0.15) is 19.4 Å². The fourth-order valence-corrected chi connectivity index (χ4v) is 1.60. The number of amides is 2. The molecule has 0 aromatic heterocycles. The Morgan fingerprint density at radius 3 is 2.30 bits per heavy atom. The third-order valence-corrected chi connectivity index (χ3v) is 2.78. The molecule has 0 saturated carbocycles. The number of hydrogen-bond donors (Lipinski definition) is 2. The summed E-state index contributed by atoms with van der Waals surface area (Å²) in [7, 11) is 1.06. The van der Waals surface area contributed by atoms with E-state index in [2.05, 4.69) is 5.32 Å². The third-order valence-electron chi connectivity index (χ3n) is 2.78. The van der Waals surface area contributed by atoms with Gasteiger partial charge in [-0.15, -0.1) is 12.4 Å². The van der Waals surface area contributed by atoms with Crippen molar-refractivity contribution in [1.82, 2.24) is 4.90 Å². The summed E-state index contributed by atoms with van der Waals surface area (Å²) >= 11 is 0. The van der Waals surface area contributed by atoms with Gasteiger partial charge in [-0.05, 0) is 31.5 Å². The summed E-state index contributed by atoms with van der Waals surface area (Å²) in [5.41, 5.74) is 5.41. The van der Waals surface area contributed by atoms with Gasteiger partial charge in [0.25, 0.3) is 0 Å². The maximum absolute atomic E-state index is 12.3. The summed E-state index contributed by atoms with van der Waals surface area (Å²) in [6, 6.07) is 6.20. The van der Waals surface area contributed by atoms with Crippen LogP contribution in [-0.4, -0.2) is 35.5 Å². The van der Waals surface area contributed by atoms with E-state index in [-0.39, 0.29) is 19.0 Å². The van der Waals surface area contributed by atoms with Crippen molar-refractivity contribution in [2.24, 2.45) is 5.73 Å².